The normalized spacial score (nSPS) is 11.3. The maximum atomic E-state index is 6.19. The van der Waals surface area contributed by atoms with Crippen LogP contribution in [-0.4, -0.2) is 4.57 Å². The molecule has 3 aromatic carbocycles. The molecular formula is C18H11Cl2N. The minimum atomic E-state index is 0.566. The number of halogens is 2. The molecule has 0 spiro atoms. The van der Waals surface area contributed by atoms with Crippen LogP contribution in [0.5, 0.6) is 0 Å². The highest BCUT2D eigenvalue weighted by molar-refractivity contribution is 6.42. The van der Waals surface area contributed by atoms with Gasteiger partial charge in [-0.05, 0) is 30.3 Å². The van der Waals surface area contributed by atoms with Crippen molar-refractivity contribution in [2.75, 3.05) is 0 Å². The van der Waals surface area contributed by atoms with Crippen molar-refractivity contribution in [2.24, 2.45) is 0 Å². The van der Waals surface area contributed by atoms with E-state index >= 15 is 0 Å². The average molecular weight is 312 g/mol. The lowest BCUT2D eigenvalue weighted by molar-refractivity contribution is 1.18. The first-order chi connectivity index (χ1) is 10.3. The Bertz CT molecular complexity index is 916. The van der Waals surface area contributed by atoms with E-state index in [1.165, 1.54) is 10.8 Å². The van der Waals surface area contributed by atoms with E-state index in [0.29, 0.717) is 10.0 Å². The van der Waals surface area contributed by atoms with Crippen molar-refractivity contribution in [3.8, 4) is 5.69 Å². The third-order valence-corrected chi connectivity index (χ3v) is 4.48. The minimum Gasteiger partial charge on any atom is -0.309 e. The highest BCUT2D eigenvalue weighted by Crippen LogP contribution is 2.33. The molecule has 0 aliphatic carbocycles. The lowest BCUT2D eigenvalue weighted by Gasteiger charge is -2.08. The van der Waals surface area contributed by atoms with Gasteiger partial charge in [-0.25, -0.2) is 0 Å². The molecular weight excluding hydrogens is 301 g/mol. The number of nitrogens with zero attached hydrogens (tertiary/aromatic N) is 1. The summed E-state index contributed by atoms with van der Waals surface area (Å²) in [6.45, 7) is 0. The molecule has 0 aliphatic rings. The summed E-state index contributed by atoms with van der Waals surface area (Å²) in [6, 6.07) is 22.5. The van der Waals surface area contributed by atoms with E-state index in [4.69, 9.17) is 23.2 Å². The highest BCUT2D eigenvalue weighted by atomic mass is 35.5. The SMILES string of the molecule is Clc1ccc(-n2c3ccccc3c3ccccc32)cc1Cl. The van der Waals surface area contributed by atoms with Gasteiger partial charge in [0.05, 0.1) is 21.1 Å². The number of aromatic nitrogens is 1. The van der Waals surface area contributed by atoms with Gasteiger partial charge in [-0.1, -0.05) is 59.6 Å². The molecule has 0 N–H and O–H groups in total. The van der Waals surface area contributed by atoms with Crippen LogP contribution in [0.2, 0.25) is 10.0 Å². The first kappa shape index (κ1) is 12.8. The largest absolute Gasteiger partial charge is 0.309 e. The van der Waals surface area contributed by atoms with Crippen LogP contribution in [0, 0.1) is 0 Å². The van der Waals surface area contributed by atoms with Gasteiger partial charge in [0.2, 0.25) is 0 Å². The fourth-order valence-electron chi connectivity index (χ4n) is 2.82. The minimum absolute atomic E-state index is 0.566. The standard InChI is InChI=1S/C18H11Cl2N/c19-15-10-9-12(11-16(15)20)21-17-7-3-1-5-13(17)14-6-2-4-8-18(14)21/h1-11H. The number of hydrogen-bond acceptors (Lipinski definition) is 0. The Labute approximate surface area is 132 Å². The number of para-hydroxylation sites is 2. The molecule has 4 aromatic rings. The Morgan fingerprint density at radius 1 is 0.619 bits per heavy atom. The van der Waals surface area contributed by atoms with Crippen molar-refractivity contribution in [1.82, 2.24) is 4.57 Å². The smallest absolute Gasteiger partial charge is 0.0613 e. The Morgan fingerprint density at radius 3 is 1.76 bits per heavy atom. The Kier molecular flexibility index (Phi) is 2.91. The Hall–Kier alpha value is -1.96. The molecule has 0 saturated carbocycles. The number of benzene rings is 3. The molecule has 4 rings (SSSR count). The zero-order chi connectivity index (χ0) is 14.4. The molecule has 0 radical (unpaired) electrons. The predicted octanol–water partition coefficient (Wildman–Crippen LogP) is 6.09. The third-order valence-electron chi connectivity index (χ3n) is 3.74. The number of rotatable bonds is 1. The van der Waals surface area contributed by atoms with E-state index in [-0.39, 0.29) is 0 Å². The lowest BCUT2D eigenvalue weighted by Crippen LogP contribution is -1.93. The van der Waals surface area contributed by atoms with Gasteiger partial charge in [0, 0.05) is 16.5 Å². The third kappa shape index (κ3) is 1.93. The lowest BCUT2D eigenvalue weighted by atomic mass is 10.2. The van der Waals surface area contributed by atoms with E-state index < -0.39 is 0 Å². The maximum absolute atomic E-state index is 6.19. The van der Waals surface area contributed by atoms with E-state index in [0.717, 1.165) is 16.7 Å². The molecule has 0 aliphatic heterocycles. The molecule has 1 heterocycles. The van der Waals surface area contributed by atoms with Crippen molar-refractivity contribution in [1.29, 1.82) is 0 Å². The summed E-state index contributed by atoms with van der Waals surface area (Å²) in [5.74, 6) is 0. The molecule has 21 heavy (non-hydrogen) atoms. The van der Waals surface area contributed by atoms with E-state index in [1.54, 1.807) is 0 Å². The van der Waals surface area contributed by atoms with Crippen LogP contribution in [0.15, 0.2) is 66.7 Å². The van der Waals surface area contributed by atoms with Crippen LogP contribution in [0.1, 0.15) is 0 Å². The van der Waals surface area contributed by atoms with Gasteiger partial charge in [0.15, 0.2) is 0 Å². The van der Waals surface area contributed by atoms with Gasteiger partial charge in [-0.2, -0.15) is 0 Å². The molecule has 0 saturated heterocycles. The first-order valence-corrected chi connectivity index (χ1v) is 7.45. The zero-order valence-electron chi connectivity index (χ0n) is 11.1. The van der Waals surface area contributed by atoms with Crippen LogP contribution in [0.3, 0.4) is 0 Å². The van der Waals surface area contributed by atoms with Crippen LogP contribution >= 0.6 is 23.2 Å². The van der Waals surface area contributed by atoms with Crippen molar-refractivity contribution in [2.45, 2.75) is 0 Å². The van der Waals surface area contributed by atoms with Crippen LogP contribution in [-0.2, 0) is 0 Å². The first-order valence-electron chi connectivity index (χ1n) is 6.69. The Balaban J connectivity index is 2.17. The summed E-state index contributed by atoms with van der Waals surface area (Å²) in [7, 11) is 0. The van der Waals surface area contributed by atoms with E-state index in [1.807, 2.05) is 18.2 Å². The van der Waals surface area contributed by atoms with Gasteiger partial charge in [-0.3, -0.25) is 0 Å². The van der Waals surface area contributed by atoms with Gasteiger partial charge in [0.1, 0.15) is 0 Å². The van der Waals surface area contributed by atoms with Gasteiger partial charge in [-0.15, -0.1) is 0 Å². The summed E-state index contributed by atoms with van der Waals surface area (Å²) in [5, 5.41) is 3.61. The molecule has 0 bridgehead atoms. The van der Waals surface area contributed by atoms with Crippen LogP contribution < -0.4 is 0 Å². The topological polar surface area (TPSA) is 4.93 Å². The summed E-state index contributed by atoms with van der Waals surface area (Å²) in [6.07, 6.45) is 0. The maximum Gasteiger partial charge on any atom is 0.0613 e. The monoisotopic (exact) mass is 311 g/mol. The summed E-state index contributed by atoms with van der Waals surface area (Å²) >= 11 is 12.2. The summed E-state index contributed by atoms with van der Waals surface area (Å²) in [4.78, 5) is 0. The van der Waals surface area contributed by atoms with Gasteiger partial charge in [0.25, 0.3) is 0 Å². The van der Waals surface area contributed by atoms with Gasteiger partial charge >= 0.3 is 0 Å². The second-order valence-electron chi connectivity index (χ2n) is 4.97. The van der Waals surface area contributed by atoms with Crippen molar-refractivity contribution in [3.63, 3.8) is 0 Å². The number of hydrogen-bond donors (Lipinski definition) is 0. The zero-order valence-corrected chi connectivity index (χ0v) is 12.6. The van der Waals surface area contributed by atoms with Crippen molar-refractivity contribution >= 4 is 45.0 Å². The van der Waals surface area contributed by atoms with E-state index in [9.17, 15) is 0 Å². The summed E-state index contributed by atoms with van der Waals surface area (Å²) in [5.41, 5.74) is 3.34. The second-order valence-corrected chi connectivity index (χ2v) is 5.78. The molecule has 1 aromatic heterocycles. The van der Waals surface area contributed by atoms with E-state index in [2.05, 4.69) is 53.1 Å². The van der Waals surface area contributed by atoms with Crippen molar-refractivity contribution < 1.29 is 0 Å². The Morgan fingerprint density at radius 2 is 1.19 bits per heavy atom. The second kappa shape index (κ2) is 4.80. The molecule has 3 heteroatoms. The molecule has 0 fully saturated rings. The molecule has 102 valence electrons. The van der Waals surface area contributed by atoms with Crippen LogP contribution in [0.4, 0.5) is 0 Å². The molecule has 0 unspecified atom stereocenters. The molecule has 0 atom stereocenters. The van der Waals surface area contributed by atoms with Crippen molar-refractivity contribution in [3.05, 3.63) is 76.8 Å². The number of fused-ring (bicyclic) bond motifs is 3. The van der Waals surface area contributed by atoms with Crippen LogP contribution in [0.25, 0.3) is 27.5 Å². The highest BCUT2D eigenvalue weighted by Gasteiger charge is 2.11. The molecule has 1 nitrogen and oxygen atoms in total. The fraction of sp³-hybridized carbons (Fsp3) is 0. The fourth-order valence-corrected chi connectivity index (χ4v) is 3.12. The molecule has 0 amide bonds. The quantitative estimate of drug-likeness (QED) is 0.401. The average Bonchev–Trinajstić information content (AvgIpc) is 2.85. The summed E-state index contributed by atoms with van der Waals surface area (Å²) < 4.78 is 2.22. The predicted molar refractivity (Wildman–Crippen MR) is 90.8 cm³/mol. The van der Waals surface area contributed by atoms with Gasteiger partial charge < -0.3 is 4.57 Å².